The summed E-state index contributed by atoms with van der Waals surface area (Å²) in [5.41, 5.74) is 3.18. The molecule has 0 saturated heterocycles. The lowest BCUT2D eigenvalue weighted by Gasteiger charge is -2.13. The van der Waals surface area contributed by atoms with E-state index in [0.29, 0.717) is 11.3 Å². The largest absolute Gasteiger partial charge is 0.497 e. The standard InChI is InChI=1S/C25H24N4O4/c1-28(2)14-16-6-4-7-17(10-16)19-12-21-23(26-13-19)27-24(29(25(21)32)15-22(30)31)18-8-5-9-20(11-18)33-3/h4-13H,14-15H2,1-3H3,(H,30,31). The molecule has 0 unspecified atom stereocenters. The van der Waals surface area contributed by atoms with Gasteiger partial charge in [0.15, 0.2) is 5.65 Å². The van der Waals surface area contributed by atoms with E-state index in [9.17, 15) is 14.7 Å². The highest BCUT2D eigenvalue weighted by Crippen LogP contribution is 2.25. The molecule has 0 fully saturated rings. The van der Waals surface area contributed by atoms with Gasteiger partial charge in [-0.05, 0) is 49.5 Å². The van der Waals surface area contributed by atoms with Crippen molar-refractivity contribution in [1.82, 2.24) is 19.4 Å². The lowest BCUT2D eigenvalue weighted by Crippen LogP contribution is -2.27. The van der Waals surface area contributed by atoms with E-state index in [4.69, 9.17) is 4.74 Å². The number of carboxylic acid groups (broad SMARTS) is 1. The van der Waals surface area contributed by atoms with Gasteiger partial charge in [-0.2, -0.15) is 0 Å². The van der Waals surface area contributed by atoms with Gasteiger partial charge in [0.1, 0.15) is 18.1 Å². The summed E-state index contributed by atoms with van der Waals surface area (Å²) in [6.45, 7) is 0.266. The quantitative estimate of drug-likeness (QED) is 0.467. The molecular weight excluding hydrogens is 420 g/mol. The van der Waals surface area contributed by atoms with Gasteiger partial charge in [0.2, 0.25) is 0 Å². The molecule has 0 spiro atoms. The Balaban J connectivity index is 1.88. The van der Waals surface area contributed by atoms with Gasteiger partial charge in [0.05, 0.1) is 12.5 Å². The second kappa shape index (κ2) is 9.22. The maximum Gasteiger partial charge on any atom is 0.323 e. The Kier molecular flexibility index (Phi) is 6.19. The number of carbonyl (C=O) groups is 1. The number of hydrogen-bond acceptors (Lipinski definition) is 6. The molecule has 8 heteroatoms. The summed E-state index contributed by atoms with van der Waals surface area (Å²) < 4.78 is 6.42. The molecule has 2 aromatic carbocycles. The fourth-order valence-electron chi connectivity index (χ4n) is 3.74. The van der Waals surface area contributed by atoms with Crippen molar-refractivity contribution in [1.29, 1.82) is 0 Å². The third-order valence-corrected chi connectivity index (χ3v) is 5.19. The maximum atomic E-state index is 13.4. The molecule has 0 aliphatic heterocycles. The summed E-state index contributed by atoms with van der Waals surface area (Å²) in [6.07, 6.45) is 1.68. The van der Waals surface area contributed by atoms with Crippen molar-refractivity contribution in [2.75, 3.05) is 21.2 Å². The average Bonchev–Trinajstić information content (AvgIpc) is 2.80. The van der Waals surface area contributed by atoms with E-state index in [1.807, 2.05) is 32.3 Å². The number of rotatable bonds is 7. The zero-order valence-corrected chi connectivity index (χ0v) is 18.6. The first-order chi connectivity index (χ1) is 15.9. The van der Waals surface area contributed by atoms with E-state index >= 15 is 0 Å². The number of fused-ring (bicyclic) bond motifs is 1. The van der Waals surface area contributed by atoms with Crippen LogP contribution in [-0.4, -0.2) is 51.7 Å². The Bertz CT molecular complexity index is 1400. The Morgan fingerprint density at radius 1 is 1.06 bits per heavy atom. The molecule has 0 atom stereocenters. The number of methoxy groups -OCH3 is 1. The molecule has 0 aliphatic carbocycles. The Hall–Kier alpha value is -4.04. The van der Waals surface area contributed by atoms with Gasteiger partial charge < -0.3 is 14.7 Å². The Morgan fingerprint density at radius 2 is 1.82 bits per heavy atom. The molecule has 4 aromatic rings. The highest BCUT2D eigenvalue weighted by atomic mass is 16.5. The third kappa shape index (κ3) is 4.75. The number of ether oxygens (including phenoxy) is 1. The van der Waals surface area contributed by atoms with Crippen LogP contribution >= 0.6 is 0 Å². The normalized spacial score (nSPS) is 11.2. The van der Waals surface area contributed by atoms with Crippen LogP contribution in [0.3, 0.4) is 0 Å². The molecule has 2 aromatic heterocycles. The zero-order valence-electron chi connectivity index (χ0n) is 18.6. The fraction of sp³-hybridized carbons (Fsp3) is 0.200. The summed E-state index contributed by atoms with van der Waals surface area (Å²) >= 11 is 0. The fourth-order valence-corrected chi connectivity index (χ4v) is 3.74. The van der Waals surface area contributed by atoms with Crippen LogP contribution < -0.4 is 10.3 Å². The lowest BCUT2D eigenvalue weighted by atomic mass is 10.0. The van der Waals surface area contributed by atoms with Crippen molar-refractivity contribution in [2.45, 2.75) is 13.1 Å². The highest BCUT2D eigenvalue weighted by molar-refractivity contribution is 5.82. The van der Waals surface area contributed by atoms with Crippen molar-refractivity contribution >= 4 is 17.0 Å². The second-order valence-electron chi connectivity index (χ2n) is 7.99. The highest BCUT2D eigenvalue weighted by Gasteiger charge is 2.17. The van der Waals surface area contributed by atoms with Crippen LogP contribution in [0.5, 0.6) is 5.75 Å². The van der Waals surface area contributed by atoms with Gasteiger partial charge >= 0.3 is 5.97 Å². The second-order valence-corrected chi connectivity index (χ2v) is 7.99. The van der Waals surface area contributed by atoms with Crippen molar-refractivity contribution in [3.8, 4) is 28.3 Å². The Morgan fingerprint density at radius 3 is 2.55 bits per heavy atom. The molecule has 0 radical (unpaired) electrons. The molecular formula is C25H24N4O4. The number of nitrogens with zero attached hydrogens (tertiary/aromatic N) is 4. The molecule has 0 saturated carbocycles. The van der Waals surface area contributed by atoms with Gasteiger partial charge in [-0.15, -0.1) is 0 Å². The number of benzene rings is 2. The summed E-state index contributed by atoms with van der Waals surface area (Å²) in [7, 11) is 5.54. The summed E-state index contributed by atoms with van der Waals surface area (Å²) in [5, 5.41) is 9.70. The summed E-state index contributed by atoms with van der Waals surface area (Å²) in [6, 6.07) is 16.7. The maximum absolute atomic E-state index is 13.4. The van der Waals surface area contributed by atoms with Gasteiger partial charge in [0, 0.05) is 23.9 Å². The van der Waals surface area contributed by atoms with Crippen molar-refractivity contribution in [3.63, 3.8) is 0 Å². The molecule has 0 bridgehead atoms. The number of aliphatic carboxylic acids is 1. The molecule has 2 heterocycles. The predicted octanol–water partition coefficient (Wildman–Crippen LogP) is 3.28. The zero-order chi connectivity index (χ0) is 23.5. The predicted molar refractivity (Wildman–Crippen MR) is 126 cm³/mol. The minimum atomic E-state index is -1.14. The number of pyridine rings is 1. The van der Waals surface area contributed by atoms with E-state index in [2.05, 4.69) is 20.9 Å². The van der Waals surface area contributed by atoms with Crippen LogP contribution in [-0.2, 0) is 17.9 Å². The van der Waals surface area contributed by atoms with E-state index in [1.165, 1.54) is 7.11 Å². The lowest BCUT2D eigenvalue weighted by molar-refractivity contribution is -0.137. The first-order valence-corrected chi connectivity index (χ1v) is 10.4. The number of carboxylic acids is 1. The van der Waals surface area contributed by atoms with Crippen LogP contribution in [0, 0.1) is 0 Å². The van der Waals surface area contributed by atoms with Crippen molar-refractivity contribution in [2.24, 2.45) is 0 Å². The van der Waals surface area contributed by atoms with E-state index in [1.54, 1.807) is 36.5 Å². The van der Waals surface area contributed by atoms with E-state index in [-0.39, 0.29) is 16.9 Å². The van der Waals surface area contributed by atoms with Crippen LogP contribution in [0.25, 0.3) is 33.5 Å². The molecule has 0 aliphatic rings. The van der Waals surface area contributed by atoms with Crippen LogP contribution in [0.2, 0.25) is 0 Å². The number of hydrogen-bond donors (Lipinski definition) is 1. The summed E-state index contributed by atoms with van der Waals surface area (Å²) in [5.74, 6) is -0.338. The molecule has 1 N–H and O–H groups in total. The molecule has 4 rings (SSSR count). The van der Waals surface area contributed by atoms with E-state index in [0.717, 1.165) is 27.8 Å². The monoisotopic (exact) mass is 444 g/mol. The minimum Gasteiger partial charge on any atom is -0.497 e. The minimum absolute atomic E-state index is 0.224. The first-order valence-electron chi connectivity index (χ1n) is 10.4. The SMILES string of the molecule is COc1cccc(-c2nc3ncc(-c4cccc(CN(C)C)c4)cc3c(=O)n2CC(=O)O)c1. The number of aromatic nitrogens is 3. The van der Waals surface area contributed by atoms with Crippen LogP contribution in [0.1, 0.15) is 5.56 Å². The molecule has 8 nitrogen and oxygen atoms in total. The smallest absolute Gasteiger partial charge is 0.323 e. The molecule has 168 valence electrons. The van der Waals surface area contributed by atoms with Gasteiger partial charge in [0.25, 0.3) is 5.56 Å². The van der Waals surface area contributed by atoms with Crippen molar-refractivity contribution in [3.05, 3.63) is 76.7 Å². The first kappa shape index (κ1) is 22.2. The Labute approximate surface area is 190 Å². The van der Waals surface area contributed by atoms with Gasteiger partial charge in [-0.3, -0.25) is 14.2 Å². The molecule has 33 heavy (non-hydrogen) atoms. The van der Waals surface area contributed by atoms with Gasteiger partial charge in [-0.25, -0.2) is 9.97 Å². The van der Waals surface area contributed by atoms with Crippen LogP contribution in [0.15, 0.2) is 65.6 Å². The summed E-state index contributed by atoms with van der Waals surface area (Å²) in [4.78, 5) is 36.0. The van der Waals surface area contributed by atoms with Gasteiger partial charge in [-0.1, -0.05) is 30.3 Å². The van der Waals surface area contributed by atoms with Crippen LogP contribution in [0.4, 0.5) is 0 Å². The third-order valence-electron chi connectivity index (χ3n) is 5.19. The van der Waals surface area contributed by atoms with Crippen molar-refractivity contribution < 1.29 is 14.6 Å². The average molecular weight is 444 g/mol. The molecule has 0 amide bonds. The topological polar surface area (TPSA) is 97.6 Å². The van der Waals surface area contributed by atoms with E-state index < -0.39 is 18.1 Å².